The Morgan fingerprint density at radius 2 is 1.59 bits per heavy atom. The largest absolute Gasteiger partial charge is 0.343 e. The van der Waals surface area contributed by atoms with Gasteiger partial charge in [-0.25, -0.2) is 4.98 Å². The minimum atomic E-state index is 0.102. The first-order chi connectivity index (χ1) is 13.4. The summed E-state index contributed by atoms with van der Waals surface area (Å²) in [6.45, 7) is 7.95. The van der Waals surface area contributed by atoms with E-state index in [0.717, 1.165) is 57.9 Å². The molecule has 27 heavy (non-hydrogen) atoms. The molecular weight excluding hydrogens is 344 g/mol. The highest BCUT2D eigenvalue weighted by molar-refractivity contribution is 5.91. The van der Waals surface area contributed by atoms with Crippen LogP contribution in [0.25, 0.3) is 6.08 Å². The number of carbonyl (C=O) groups is 1. The molecular formula is C19H28N6O2. The molecule has 2 saturated heterocycles. The molecule has 4 rings (SSSR count). The maximum Gasteiger partial charge on any atom is 0.246 e. The van der Waals surface area contributed by atoms with E-state index in [1.807, 2.05) is 41.3 Å². The molecule has 0 aliphatic carbocycles. The Kier molecular flexibility index (Phi) is 10.5. The topological polar surface area (TPSA) is 95.3 Å². The average molecular weight is 372 g/mol. The van der Waals surface area contributed by atoms with E-state index in [1.54, 1.807) is 6.08 Å². The van der Waals surface area contributed by atoms with E-state index >= 15 is 0 Å². The third-order valence-corrected chi connectivity index (χ3v) is 3.89. The third-order valence-electron chi connectivity index (χ3n) is 3.89. The van der Waals surface area contributed by atoms with Crippen LogP contribution in [0.2, 0.25) is 0 Å². The van der Waals surface area contributed by atoms with Crippen LogP contribution in [0.3, 0.4) is 0 Å². The van der Waals surface area contributed by atoms with Crippen molar-refractivity contribution < 1.29 is 9.32 Å². The molecule has 2 aliphatic rings. The summed E-state index contributed by atoms with van der Waals surface area (Å²) in [6, 6.07) is 9.88. The molecule has 1 aromatic heterocycles. The summed E-state index contributed by atoms with van der Waals surface area (Å²) in [5.74, 6) is 0.102. The van der Waals surface area contributed by atoms with Crippen molar-refractivity contribution in [3.63, 3.8) is 0 Å². The molecule has 8 nitrogen and oxygen atoms in total. The number of rotatable bonds is 2. The molecule has 8 heteroatoms. The van der Waals surface area contributed by atoms with Gasteiger partial charge in [0.25, 0.3) is 0 Å². The summed E-state index contributed by atoms with van der Waals surface area (Å²) in [4.78, 5) is 17.1. The molecule has 2 fully saturated rings. The van der Waals surface area contributed by atoms with Crippen LogP contribution in [0.5, 0.6) is 0 Å². The van der Waals surface area contributed by atoms with Crippen LogP contribution in [0.15, 0.2) is 53.7 Å². The molecule has 2 aliphatic heterocycles. The number of carbonyl (C=O) groups excluding carboxylic acids is 1. The SMILES string of the molecule is C1CNCCN1.O=C(C=Cc1ccccc1)N1CCNCC1.c1ncon1. The Morgan fingerprint density at radius 3 is 2.07 bits per heavy atom. The fourth-order valence-corrected chi connectivity index (χ4v) is 2.46. The van der Waals surface area contributed by atoms with Crippen molar-refractivity contribution in [2.75, 3.05) is 52.4 Å². The van der Waals surface area contributed by atoms with Crippen molar-refractivity contribution in [2.45, 2.75) is 0 Å². The lowest BCUT2D eigenvalue weighted by Gasteiger charge is -2.26. The molecule has 0 radical (unpaired) electrons. The Hall–Kier alpha value is -2.55. The molecule has 3 heterocycles. The minimum absolute atomic E-state index is 0.102. The van der Waals surface area contributed by atoms with Gasteiger partial charge >= 0.3 is 0 Å². The number of amides is 1. The van der Waals surface area contributed by atoms with Gasteiger partial charge in [-0.1, -0.05) is 35.5 Å². The highest BCUT2D eigenvalue weighted by Crippen LogP contribution is 2.02. The first kappa shape index (κ1) is 20.8. The summed E-state index contributed by atoms with van der Waals surface area (Å²) >= 11 is 0. The van der Waals surface area contributed by atoms with Gasteiger partial charge in [-0.15, -0.1) is 0 Å². The van der Waals surface area contributed by atoms with Gasteiger partial charge in [0.15, 0.2) is 6.33 Å². The monoisotopic (exact) mass is 372 g/mol. The molecule has 0 bridgehead atoms. The van der Waals surface area contributed by atoms with Crippen LogP contribution in [-0.2, 0) is 4.79 Å². The van der Waals surface area contributed by atoms with Gasteiger partial charge in [-0.2, -0.15) is 0 Å². The zero-order chi connectivity index (χ0) is 19.0. The van der Waals surface area contributed by atoms with Gasteiger partial charge in [0.1, 0.15) is 0 Å². The fourth-order valence-electron chi connectivity index (χ4n) is 2.46. The van der Waals surface area contributed by atoms with Crippen molar-refractivity contribution >= 4 is 12.0 Å². The number of nitrogens with one attached hydrogen (secondary N) is 3. The Morgan fingerprint density at radius 1 is 0.963 bits per heavy atom. The Labute approximate surface area is 160 Å². The number of piperazine rings is 2. The maximum absolute atomic E-state index is 11.8. The van der Waals surface area contributed by atoms with Gasteiger partial charge in [0.05, 0.1) is 0 Å². The van der Waals surface area contributed by atoms with E-state index in [4.69, 9.17) is 0 Å². The van der Waals surface area contributed by atoms with E-state index < -0.39 is 0 Å². The first-order valence-corrected chi connectivity index (χ1v) is 9.20. The Balaban J connectivity index is 0.000000192. The fraction of sp³-hybridized carbons (Fsp3) is 0.421. The number of hydrogen-bond donors (Lipinski definition) is 3. The predicted octanol–water partition coefficient (Wildman–Crippen LogP) is 0.380. The van der Waals surface area contributed by atoms with E-state index in [0.29, 0.717) is 0 Å². The zero-order valence-corrected chi connectivity index (χ0v) is 15.5. The van der Waals surface area contributed by atoms with Gasteiger partial charge < -0.3 is 25.4 Å². The summed E-state index contributed by atoms with van der Waals surface area (Å²) < 4.78 is 4.22. The number of nitrogens with zero attached hydrogens (tertiary/aromatic N) is 3. The molecule has 146 valence electrons. The van der Waals surface area contributed by atoms with Crippen LogP contribution in [0.1, 0.15) is 5.56 Å². The third kappa shape index (κ3) is 9.64. The molecule has 0 unspecified atom stereocenters. The molecule has 1 amide bonds. The highest BCUT2D eigenvalue weighted by atomic mass is 16.5. The number of aromatic nitrogens is 2. The summed E-state index contributed by atoms with van der Waals surface area (Å²) in [6.07, 6.45) is 6.12. The van der Waals surface area contributed by atoms with Crippen molar-refractivity contribution in [1.82, 2.24) is 31.0 Å². The quantitative estimate of drug-likeness (QED) is 0.656. The van der Waals surface area contributed by atoms with Crippen LogP contribution in [-0.4, -0.2) is 73.3 Å². The van der Waals surface area contributed by atoms with Crippen LogP contribution < -0.4 is 16.0 Å². The highest BCUT2D eigenvalue weighted by Gasteiger charge is 2.12. The van der Waals surface area contributed by atoms with E-state index in [9.17, 15) is 4.79 Å². The standard InChI is InChI=1S/C13H16N2O.C4H10N2.C2H2N2O/c16-13(15-10-8-14-9-11-15)7-6-12-4-2-1-3-5-12;1-2-6-4-3-5-1;1-3-2-5-4-1/h1-7,14H,8-11H2;5-6H,1-4H2;1-2H. The maximum atomic E-state index is 11.8. The van der Waals surface area contributed by atoms with Crippen LogP contribution in [0, 0.1) is 0 Å². The second-order valence-electron chi connectivity index (χ2n) is 5.90. The summed E-state index contributed by atoms with van der Waals surface area (Å²) in [7, 11) is 0. The first-order valence-electron chi connectivity index (χ1n) is 9.20. The molecule has 0 spiro atoms. The van der Waals surface area contributed by atoms with Crippen LogP contribution >= 0.6 is 0 Å². The average Bonchev–Trinajstić information content (AvgIpc) is 3.35. The number of hydrogen-bond acceptors (Lipinski definition) is 7. The lowest BCUT2D eigenvalue weighted by Crippen LogP contribution is -2.45. The molecule has 3 N–H and O–H groups in total. The second-order valence-corrected chi connectivity index (χ2v) is 5.90. The van der Waals surface area contributed by atoms with Gasteiger partial charge in [-0.3, -0.25) is 4.79 Å². The second kappa shape index (κ2) is 13.6. The molecule has 0 atom stereocenters. The van der Waals surface area contributed by atoms with Crippen molar-refractivity contribution in [2.24, 2.45) is 0 Å². The van der Waals surface area contributed by atoms with Crippen molar-refractivity contribution in [3.8, 4) is 0 Å². The van der Waals surface area contributed by atoms with Crippen molar-refractivity contribution in [3.05, 3.63) is 54.7 Å². The molecule has 0 saturated carbocycles. The minimum Gasteiger partial charge on any atom is -0.343 e. The van der Waals surface area contributed by atoms with Gasteiger partial charge in [0, 0.05) is 58.4 Å². The summed E-state index contributed by atoms with van der Waals surface area (Å²) in [5, 5.41) is 12.9. The van der Waals surface area contributed by atoms with Gasteiger partial charge in [0.2, 0.25) is 12.3 Å². The smallest absolute Gasteiger partial charge is 0.246 e. The lowest BCUT2D eigenvalue weighted by molar-refractivity contribution is -0.126. The summed E-state index contributed by atoms with van der Waals surface area (Å²) in [5.41, 5.74) is 1.06. The zero-order valence-electron chi connectivity index (χ0n) is 15.5. The van der Waals surface area contributed by atoms with Gasteiger partial charge in [-0.05, 0) is 11.6 Å². The number of benzene rings is 1. The lowest BCUT2D eigenvalue weighted by atomic mass is 10.2. The Bertz CT molecular complexity index is 594. The van der Waals surface area contributed by atoms with E-state index in [-0.39, 0.29) is 5.91 Å². The van der Waals surface area contributed by atoms with Crippen molar-refractivity contribution in [1.29, 1.82) is 0 Å². The molecule has 2 aromatic rings. The van der Waals surface area contributed by atoms with E-state index in [1.165, 1.54) is 12.7 Å². The normalized spacial score (nSPS) is 16.7. The van der Waals surface area contributed by atoms with E-state index in [2.05, 4.69) is 30.6 Å². The van der Waals surface area contributed by atoms with Crippen LogP contribution in [0.4, 0.5) is 0 Å². The predicted molar refractivity (Wildman–Crippen MR) is 105 cm³/mol. The molecule has 1 aromatic carbocycles.